The second-order valence-electron chi connectivity index (χ2n) is 2.50. The zero-order chi connectivity index (χ0) is 8.72. The Labute approximate surface area is 88.5 Å². The Kier molecular flexibility index (Phi) is 2.15. The van der Waals surface area contributed by atoms with E-state index in [0.717, 1.165) is 15.6 Å². The van der Waals surface area contributed by atoms with Crippen molar-refractivity contribution < 1.29 is 0 Å². The molecule has 12 heavy (non-hydrogen) atoms. The van der Waals surface area contributed by atoms with Crippen LogP contribution in [0, 0.1) is 0 Å². The molecule has 1 heterocycles. The fourth-order valence-electron chi connectivity index (χ4n) is 1.18. The van der Waals surface area contributed by atoms with Gasteiger partial charge in [-0.2, -0.15) is 0 Å². The molecule has 0 saturated carbocycles. The molecule has 0 aromatic heterocycles. The van der Waals surface area contributed by atoms with Gasteiger partial charge in [0, 0.05) is 10.0 Å². The Balaban J connectivity index is 2.70. The van der Waals surface area contributed by atoms with Crippen LogP contribution in [0.25, 0.3) is 0 Å². The van der Waals surface area contributed by atoms with Crippen LogP contribution in [-0.4, -0.2) is 5.17 Å². The number of halogens is 3. The lowest BCUT2D eigenvalue weighted by Gasteiger charge is -2.02. The van der Waals surface area contributed by atoms with E-state index in [1.165, 1.54) is 0 Å². The van der Waals surface area contributed by atoms with Crippen molar-refractivity contribution in [2.24, 2.45) is 4.99 Å². The predicted molar refractivity (Wildman–Crippen MR) is 55.2 cm³/mol. The van der Waals surface area contributed by atoms with Crippen LogP contribution < -0.4 is 0 Å². The highest BCUT2D eigenvalue weighted by atomic mass is 79.9. The molecular formula is C8H4BrCl2N. The van der Waals surface area contributed by atoms with E-state index in [4.69, 9.17) is 23.2 Å². The molecule has 1 aromatic carbocycles. The third kappa shape index (κ3) is 1.18. The van der Waals surface area contributed by atoms with Gasteiger partial charge in [0.15, 0.2) is 0 Å². The van der Waals surface area contributed by atoms with Crippen molar-refractivity contribution in [1.29, 1.82) is 0 Å². The fourth-order valence-corrected chi connectivity index (χ4v) is 2.11. The normalized spacial score (nSPS) is 14.4. The van der Waals surface area contributed by atoms with Gasteiger partial charge in [-0.3, -0.25) is 4.99 Å². The highest BCUT2D eigenvalue weighted by molar-refractivity contribution is 9.10. The molecule has 1 aromatic rings. The van der Waals surface area contributed by atoms with Crippen molar-refractivity contribution in [3.05, 3.63) is 32.8 Å². The van der Waals surface area contributed by atoms with Crippen molar-refractivity contribution in [3.8, 4) is 0 Å². The average molecular weight is 265 g/mol. The first-order valence-electron chi connectivity index (χ1n) is 3.37. The summed E-state index contributed by atoms with van der Waals surface area (Å²) >= 11 is 15.2. The van der Waals surface area contributed by atoms with Gasteiger partial charge in [-0.1, -0.05) is 29.3 Å². The smallest absolute Gasteiger partial charge is 0.133 e. The van der Waals surface area contributed by atoms with E-state index in [-0.39, 0.29) is 0 Å². The Hall–Kier alpha value is -0.0500. The topological polar surface area (TPSA) is 12.4 Å². The first-order valence-corrected chi connectivity index (χ1v) is 4.92. The first-order chi connectivity index (χ1) is 5.70. The molecule has 4 heteroatoms. The maximum Gasteiger partial charge on any atom is 0.133 e. The minimum Gasteiger partial charge on any atom is -0.268 e. The second-order valence-corrected chi connectivity index (χ2v) is 4.09. The van der Waals surface area contributed by atoms with Crippen LogP contribution in [0.4, 0.5) is 0 Å². The molecule has 0 aliphatic carbocycles. The van der Waals surface area contributed by atoms with Crippen molar-refractivity contribution in [1.82, 2.24) is 0 Å². The third-order valence-electron chi connectivity index (χ3n) is 1.78. The van der Waals surface area contributed by atoms with Crippen molar-refractivity contribution in [2.75, 3.05) is 0 Å². The first kappa shape index (κ1) is 8.54. The highest BCUT2D eigenvalue weighted by Crippen LogP contribution is 2.33. The van der Waals surface area contributed by atoms with Crippen LogP contribution in [0.15, 0.2) is 21.6 Å². The summed E-state index contributed by atoms with van der Waals surface area (Å²) in [6, 6.07) is 3.89. The Morgan fingerprint density at radius 2 is 2.08 bits per heavy atom. The number of aliphatic imine (C=N–C) groups is 1. The monoisotopic (exact) mass is 263 g/mol. The second kappa shape index (κ2) is 3.02. The molecule has 0 fully saturated rings. The lowest BCUT2D eigenvalue weighted by molar-refractivity contribution is 1.11. The summed E-state index contributed by atoms with van der Waals surface area (Å²) < 4.78 is 0.859. The molecule has 62 valence electrons. The zero-order valence-electron chi connectivity index (χ0n) is 5.94. The van der Waals surface area contributed by atoms with Gasteiger partial charge in [0.25, 0.3) is 0 Å². The summed E-state index contributed by atoms with van der Waals surface area (Å²) in [6.07, 6.45) is 0. The number of hydrogen-bond donors (Lipinski definition) is 0. The lowest BCUT2D eigenvalue weighted by atomic mass is 10.1. The van der Waals surface area contributed by atoms with Gasteiger partial charge in [0.2, 0.25) is 0 Å². The molecule has 1 aliphatic heterocycles. The van der Waals surface area contributed by atoms with E-state index in [0.29, 0.717) is 16.7 Å². The molecule has 0 N–H and O–H groups in total. The average Bonchev–Trinajstić information content (AvgIpc) is 2.41. The molecule has 0 atom stereocenters. The summed E-state index contributed by atoms with van der Waals surface area (Å²) in [5.74, 6) is 0. The van der Waals surface area contributed by atoms with Gasteiger partial charge in [-0.05, 0) is 27.6 Å². The van der Waals surface area contributed by atoms with Crippen molar-refractivity contribution in [2.45, 2.75) is 6.54 Å². The van der Waals surface area contributed by atoms with Crippen LogP contribution in [0.1, 0.15) is 11.1 Å². The molecule has 1 aliphatic rings. The Bertz CT molecular complexity index is 374. The minimum atomic E-state index is 0.510. The quantitative estimate of drug-likeness (QED) is 0.679. The van der Waals surface area contributed by atoms with Crippen molar-refractivity contribution in [3.63, 3.8) is 0 Å². The van der Waals surface area contributed by atoms with Crippen LogP contribution in [0.5, 0.6) is 0 Å². The van der Waals surface area contributed by atoms with E-state index in [1.54, 1.807) is 0 Å². The van der Waals surface area contributed by atoms with E-state index < -0.39 is 0 Å². The van der Waals surface area contributed by atoms with Gasteiger partial charge in [0.1, 0.15) is 5.17 Å². The molecule has 2 rings (SSSR count). The predicted octanol–water partition coefficient (Wildman–Crippen LogP) is 3.60. The standard InChI is InChI=1S/C8H4BrCl2N/c9-5-2-1-4-3-12-8(11)6(4)7(5)10/h1-2H,3H2. The third-order valence-corrected chi connectivity index (χ3v) is 3.37. The Morgan fingerprint density at radius 3 is 2.83 bits per heavy atom. The zero-order valence-corrected chi connectivity index (χ0v) is 9.04. The molecule has 0 amide bonds. The van der Waals surface area contributed by atoms with Crippen LogP contribution in [0.2, 0.25) is 5.02 Å². The lowest BCUT2D eigenvalue weighted by Crippen LogP contribution is -1.91. The number of fused-ring (bicyclic) bond motifs is 1. The molecule has 0 radical (unpaired) electrons. The van der Waals surface area contributed by atoms with Crippen LogP contribution in [-0.2, 0) is 6.54 Å². The van der Waals surface area contributed by atoms with Gasteiger partial charge < -0.3 is 0 Å². The summed E-state index contributed by atoms with van der Waals surface area (Å²) in [5.41, 5.74) is 1.96. The van der Waals surface area contributed by atoms with Gasteiger partial charge >= 0.3 is 0 Å². The molecule has 0 bridgehead atoms. The fraction of sp³-hybridized carbons (Fsp3) is 0.125. The maximum atomic E-state index is 6.02. The SMILES string of the molecule is ClC1=NCc2ccc(Br)c(Cl)c21. The van der Waals surface area contributed by atoms with E-state index in [2.05, 4.69) is 20.9 Å². The number of rotatable bonds is 0. The summed E-state index contributed by atoms with van der Waals surface area (Å²) in [7, 11) is 0. The maximum absolute atomic E-state index is 6.02. The summed E-state index contributed by atoms with van der Waals surface area (Å²) in [4.78, 5) is 4.08. The van der Waals surface area contributed by atoms with E-state index in [1.807, 2.05) is 12.1 Å². The molecule has 0 saturated heterocycles. The van der Waals surface area contributed by atoms with Gasteiger partial charge in [-0.25, -0.2) is 0 Å². The van der Waals surface area contributed by atoms with Crippen LogP contribution in [0.3, 0.4) is 0 Å². The molecular weight excluding hydrogens is 261 g/mol. The number of benzene rings is 1. The largest absolute Gasteiger partial charge is 0.268 e. The summed E-state index contributed by atoms with van der Waals surface area (Å²) in [5, 5.41) is 1.16. The van der Waals surface area contributed by atoms with E-state index >= 15 is 0 Å². The Morgan fingerprint density at radius 1 is 1.33 bits per heavy atom. The molecule has 1 nitrogen and oxygen atoms in total. The van der Waals surface area contributed by atoms with Crippen LogP contribution >= 0.6 is 39.1 Å². The molecule has 0 spiro atoms. The minimum absolute atomic E-state index is 0.510. The number of nitrogens with zero attached hydrogens (tertiary/aromatic N) is 1. The number of hydrogen-bond acceptors (Lipinski definition) is 1. The molecule has 0 unspecified atom stereocenters. The van der Waals surface area contributed by atoms with Crippen molar-refractivity contribution >= 4 is 44.3 Å². The van der Waals surface area contributed by atoms with E-state index in [9.17, 15) is 0 Å². The van der Waals surface area contributed by atoms with Gasteiger partial charge in [-0.15, -0.1) is 0 Å². The summed E-state index contributed by atoms with van der Waals surface area (Å²) in [6.45, 7) is 0.640. The van der Waals surface area contributed by atoms with Gasteiger partial charge in [0.05, 0.1) is 11.6 Å². The highest BCUT2D eigenvalue weighted by Gasteiger charge is 2.18.